The third kappa shape index (κ3) is 5.74. The molecule has 1 atom stereocenters. The highest BCUT2D eigenvalue weighted by Gasteiger charge is 2.27. The first-order chi connectivity index (χ1) is 19.5. The van der Waals surface area contributed by atoms with E-state index in [9.17, 15) is 9.18 Å². The first kappa shape index (κ1) is 27.4. The molecule has 1 N–H and O–H groups in total. The molecule has 2 saturated heterocycles. The lowest BCUT2D eigenvalue weighted by molar-refractivity contribution is 0.0857. The topological polar surface area (TPSA) is 98.3 Å². The number of halogens is 1. The van der Waals surface area contributed by atoms with Crippen LogP contribution in [-0.4, -0.2) is 82.6 Å². The third-order valence-electron chi connectivity index (χ3n) is 7.22. The second-order valence-electron chi connectivity index (χ2n) is 9.62. The van der Waals surface area contributed by atoms with Crippen molar-refractivity contribution >= 4 is 17.4 Å². The van der Waals surface area contributed by atoms with Crippen LogP contribution in [0.3, 0.4) is 0 Å². The molecular weight excluding hydrogens is 517 g/mol. The average molecular weight is 552 g/mol. The Bertz CT molecular complexity index is 1320. The lowest BCUT2D eigenvalue weighted by atomic mass is 10.1. The zero-order valence-electron chi connectivity index (χ0n) is 23.0. The van der Waals surface area contributed by atoms with E-state index in [2.05, 4.69) is 10.3 Å². The summed E-state index contributed by atoms with van der Waals surface area (Å²) < 4.78 is 36.6. The van der Waals surface area contributed by atoms with Gasteiger partial charge in [0, 0.05) is 51.1 Å². The molecule has 2 aliphatic rings. The van der Waals surface area contributed by atoms with Crippen LogP contribution in [0.1, 0.15) is 23.2 Å². The highest BCUT2D eigenvalue weighted by Crippen LogP contribution is 2.41. The molecule has 1 amide bonds. The molecule has 0 radical (unpaired) electrons. The number of carbonyl (C=O) groups excluding carboxylic acids is 1. The number of carbonyl (C=O) groups is 1. The number of amides is 1. The van der Waals surface area contributed by atoms with E-state index in [0.29, 0.717) is 85.0 Å². The van der Waals surface area contributed by atoms with Gasteiger partial charge in [0.15, 0.2) is 17.3 Å². The molecule has 10 nitrogen and oxygen atoms in total. The Morgan fingerprint density at radius 1 is 1.05 bits per heavy atom. The number of nitrogens with zero attached hydrogens (tertiary/aromatic N) is 4. The van der Waals surface area contributed by atoms with Gasteiger partial charge in [-0.2, -0.15) is 0 Å². The van der Waals surface area contributed by atoms with Crippen molar-refractivity contribution in [2.24, 2.45) is 0 Å². The van der Waals surface area contributed by atoms with E-state index in [1.54, 1.807) is 51.8 Å². The molecule has 0 saturated carbocycles. The Labute approximate surface area is 233 Å². The van der Waals surface area contributed by atoms with Crippen molar-refractivity contribution < 1.29 is 28.1 Å². The summed E-state index contributed by atoms with van der Waals surface area (Å²) in [7, 11) is 4.63. The maximum Gasteiger partial charge on any atom is 0.256 e. The second-order valence-corrected chi connectivity index (χ2v) is 9.62. The molecule has 2 aliphatic heterocycles. The summed E-state index contributed by atoms with van der Waals surface area (Å²) in [5.74, 6) is 1.80. The molecule has 2 aromatic carbocycles. The minimum atomic E-state index is -0.265. The minimum Gasteiger partial charge on any atom is -0.493 e. The highest BCUT2D eigenvalue weighted by molar-refractivity contribution is 5.99. The summed E-state index contributed by atoms with van der Waals surface area (Å²) in [5, 5.41) is 2.99. The van der Waals surface area contributed by atoms with Gasteiger partial charge in [0.1, 0.15) is 17.2 Å². The Morgan fingerprint density at radius 2 is 1.75 bits per heavy atom. The van der Waals surface area contributed by atoms with Crippen molar-refractivity contribution in [2.45, 2.75) is 18.9 Å². The molecule has 2 fully saturated rings. The third-order valence-corrected chi connectivity index (χ3v) is 7.22. The van der Waals surface area contributed by atoms with E-state index in [0.717, 1.165) is 12.8 Å². The molecule has 1 unspecified atom stereocenters. The first-order valence-electron chi connectivity index (χ1n) is 13.3. The minimum absolute atomic E-state index is 0.0103. The van der Waals surface area contributed by atoms with Gasteiger partial charge in [-0.25, -0.2) is 14.4 Å². The molecule has 3 aromatic rings. The summed E-state index contributed by atoms with van der Waals surface area (Å²) in [4.78, 5) is 26.8. The monoisotopic (exact) mass is 551 g/mol. The van der Waals surface area contributed by atoms with Crippen molar-refractivity contribution in [1.29, 1.82) is 0 Å². The zero-order chi connectivity index (χ0) is 28.1. The van der Waals surface area contributed by atoms with Gasteiger partial charge < -0.3 is 34.1 Å². The van der Waals surface area contributed by atoms with E-state index in [1.165, 1.54) is 6.07 Å². The number of benzene rings is 2. The van der Waals surface area contributed by atoms with Gasteiger partial charge in [0.25, 0.3) is 5.91 Å². The fourth-order valence-corrected chi connectivity index (χ4v) is 5.10. The van der Waals surface area contributed by atoms with Crippen LogP contribution in [-0.2, 0) is 4.74 Å². The lowest BCUT2D eigenvalue weighted by Gasteiger charge is -2.37. The normalized spacial score (nSPS) is 17.1. The summed E-state index contributed by atoms with van der Waals surface area (Å²) in [6, 6.07) is 10.3. The van der Waals surface area contributed by atoms with Crippen molar-refractivity contribution in [1.82, 2.24) is 15.3 Å². The Morgan fingerprint density at radius 3 is 2.38 bits per heavy atom. The summed E-state index contributed by atoms with van der Waals surface area (Å²) in [5.41, 5.74) is 1.58. The number of hydrogen-bond donors (Lipinski definition) is 1. The van der Waals surface area contributed by atoms with Gasteiger partial charge in [-0.05, 0) is 37.1 Å². The Balaban J connectivity index is 1.46. The molecule has 212 valence electrons. The largest absolute Gasteiger partial charge is 0.493 e. The molecule has 0 bridgehead atoms. The van der Waals surface area contributed by atoms with E-state index in [1.807, 2.05) is 15.9 Å². The number of anilines is 2. The molecule has 1 aromatic heterocycles. The number of piperazine rings is 1. The van der Waals surface area contributed by atoms with Crippen LogP contribution < -0.4 is 29.3 Å². The van der Waals surface area contributed by atoms with Crippen LogP contribution >= 0.6 is 0 Å². The molecule has 0 aliphatic carbocycles. The number of ether oxygens (including phenoxy) is 4. The van der Waals surface area contributed by atoms with Crippen LogP contribution in [0.4, 0.5) is 15.9 Å². The number of rotatable bonds is 9. The van der Waals surface area contributed by atoms with E-state index >= 15 is 0 Å². The van der Waals surface area contributed by atoms with Crippen molar-refractivity contribution in [3.63, 3.8) is 0 Å². The average Bonchev–Trinajstić information content (AvgIpc) is 3.53. The predicted octanol–water partition coefficient (Wildman–Crippen LogP) is 3.54. The fraction of sp³-hybridized carbons (Fsp3) is 0.414. The van der Waals surface area contributed by atoms with E-state index in [-0.39, 0.29) is 17.8 Å². The maximum absolute atomic E-state index is 14.4. The van der Waals surface area contributed by atoms with Gasteiger partial charge in [-0.15, -0.1) is 0 Å². The van der Waals surface area contributed by atoms with Crippen LogP contribution in [0.2, 0.25) is 0 Å². The van der Waals surface area contributed by atoms with Crippen LogP contribution in [0.25, 0.3) is 11.4 Å². The number of aromatic nitrogens is 2. The number of methoxy groups -OCH3 is 3. The predicted molar refractivity (Wildman–Crippen MR) is 149 cm³/mol. The molecule has 3 heterocycles. The van der Waals surface area contributed by atoms with Crippen molar-refractivity contribution in [3.8, 4) is 28.6 Å². The first-order valence-corrected chi connectivity index (χ1v) is 13.3. The van der Waals surface area contributed by atoms with E-state index in [4.69, 9.17) is 23.9 Å². The van der Waals surface area contributed by atoms with Crippen molar-refractivity contribution in [3.05, 3.63) is 54.0 Å². The standard InChI is InChI=1S/C29H34FN5O5/c1-37-24-15-19(16-25(38-2)26(24)39-3)27-31-18-21(29(36)32-17-20-7-6-14-40-20)28(33-27)35-12-10-34(11-13-35)23-9-5-4-8-22(23)30/h4-5,8-9,15-16,18,20H,6-7,10-14,17H2,1-3H3,(H,32,36). The molecule has 5 rings (SSSR count). The molecule has 0 spiro atoms. The maximum atomic E-state index is 14.4. The Kier molecular flexibility index (Phi) is 8.49. The summed E-state index contributed by atoms with van der Waals surface area (Å²) in [6.07, 6.45) is 3.47. The summed E-state index contributed by atoms with van der Waals surface area (Å²) >= 11 is 0. The van der Waals surface area contributed by atoms with Crippen LogP contribution in [0, 0.1) is 5.82 Å². The fourth-order valence-electron chi connectivity index (χ4n) is 5.10. The molecule has 40 heavy (non-hydrogen) atoms. The highest BCUT2D eigenvalue weighted by atomic mass is 19.1. The smallest absolute Gasteiger partial charge is 0.256 e. The van der Waals surface area contributed by atoms with Gasteiger partial charge in [0.2, 0.25) is 5.75 Å². The van der Waals surface area contributed by atoms with Gasteiger partial charge in [-0.1, -0.05) is 12.1 Å². The Hall–Kier alpha value is -4.12. The van der Waals surface area contributed by atoms with Crippen molar-refractivity contribution in [2.75, 3.05) is 70.5 Å². The lowest BCUT2D eigenvalue weighted by Crippen LogP contribution is -2.48. The SMILES string of the molecule is COc1cc(-c2ncc(C(=O)NCC3CCCO3)c(N3CCN(c4ccccc4F)CC3)n2)cc(OC)c1OC. The summed E-state index contributed by atoms with van der Waals surface area (Å²) in [6.45, 7) is 3.37. The number of nitrogens with one attached hydrogen (secondary N) is 1. The second kappa shape index (κ2) is 12.4. The van der Waals surface area contributed by atoms with E-state index < -0.39 is 0 Å². The number of hydrogen-bond acceptors (Lipinski definition) is 9. The quantitative estimate of drug-likeness (QED) is 0.428. The number of para-hydroxylation sites is 1. The van der Waals surface area contributed by atoms with Gasteiger partial charge in [0.05, 0.1) is 33.1 Å². The van der Waals surface area contributed by atoms with Crippen LogP contribution in [0.5, 0.6) is 17.2 Å². The van der Waals surface area contributed by atoms with Gasteiger partial charge in [-0.3, -0.25) is 4.79 Å². The molecule has 11 heteroatoms. The van der Waals surface area contributed by atoms with Gasteiger partial charge >= 0.3 is 0 Å². The molecular formula is C29H34FN5O5. The van der Waals surface area contributed by atoms with Crippen LogP contribution in [0.15, 0.2) is 42.6 Å². The zero-order valence-corrected chi connectivity index (χ0v) is 23.0.